The summed E-state index contributed by atoms with van der Waals surface area (Å²) in [7, 11) is 2.75. The maximum atomic E-state index is 12.0. The second-order valence-corrected chi connectivity index (χ2v) is 8.32. The van der Waals surface area contributed by atoms with Gasteiger partial charge in [0.1, 0.15) is 19.1 Å². The zero-order chi connectivity index (χ0) is 18.2. The van der Waals surface area contributed by atoms with E-state index in [1.807, 2.05) is 0 Å². The smallest absolute Gasteiger partial charge is 0.261 e. The third-order valence-corrected chi connectivity index (χ3v) is 5.59. The maximum absolute atomic E-state index is 12.0. The normalized spacial score (nSPS) is 26.1. The monoisotopic (exact) mass is 389 g/mol. The lowest BCUT2D eigenvalue weighted by Gasteiger charge is -2.30. The fourth-order valence-corrected chi connectivity index (χ4v) is 3.77. The van der Waals surface area contributed by atoms with Crippen molar-refractivity contribution in [2.45, 2.75) is 24.9 Å². The SMILES string of the molecule is COCC1OC(n2ccc3c(=O)[nH]c(N)nc32)CC1OP([O-])(=S)OC. The molecule has 0 saturated carbocycles. The molecule has 0 amide bonds. The van der Waals surface area contributed by atoms with Crippen molar-refractivity contribution >= 4 is 35.5 Å². The number of rotatable bonds is 6. The number of aromatic nitrogens is 3. The molecule has 25 heavy (non-hydrogen) atoms. The molecule has 1 aliphatic heterocycles. The van der Waals surface area contributed by atoms with Gasteiger partial charge in [-0.15, -0.1) is 0 Å². The first-order chi connectivity index (χ1) is 11.8. The molecule has 1 saturated heterocycles. The van der Waals surface area contributed by atoms with Gasteiger partial charge in [0.25, 0.3) is 5.56 Å². The van der Waals surface area contributed by atoms with Gasteiger partial charge in [-0.25, -0.2) is 0 Å². The van der Waals surface area contributed by atoms with Crippen molar-refractivity contribution in [3.05, 3.63) is 22.6 Å². The minimum atomic E-state index is -3.60. The minimum absolute atomic E-state index is 0.00568. The van der Waals surface area contributed by atoms with Gasteiger partial charge in [-0.2, -0.15) is 4.98 Å². The molecule has 0 aromatic carbocycles. The molecule has 3 N–H and O–H groups in total. The van der Waals surface area contributed by atoms with E-state index in [0.717, 1.165) is 0 Å². The van der Waals surface area contributed by atoms with Crippen LogP contribution in [0.2, 0.25) is 0 Å². The average Bonchev–Trinajstić information content (AvgIpc) is 3.12. The van der Waals surface area contributed by atoms with Crippen LogP contribution in [0.25, 0.3) is 11.0 Å². The number of nitrogens with two attached hydrogens (primary N) is 1. The van der Waals surface area contributed by atoms with Crippen molar-refractivity contribution < 1.29 is 23.4 Å². The quantitative estimate of drug-likeness (QED) is 0.647. The molecule has 4 unspecified atom stereocenters. The van der Waals surface area contributed by atoms with Crippen LogP contribution in [0.4, 0.5) is 5.95 Å². The number of hydrogen-bond donors (Lipinski definition) is 2. The average molecular weight is 389 g/mol. The fraction of sp³-hybridized carbons (Fsp3) is 0.538. The molecule has 0 bridgehead atoms. The molecule has 3 rings (SSSR count). The number of H-pyrrole nitrogens is 1. The van der Waals surface area contributed by atoms with Crippen LogP contribution in [0, 0.1) is 0 Å². The van der Waals surface area contributed by atoms with Crippen molar-refractivity contribution in [1.29, 1.82) is 0 Å². The molecule has 0 spiro atoms. The summed E-state index contributed by atoms with van der Waals surface area (Å²) >= 11 is 4.80. The number of nitrogen functional groups attached to an aromatic ring is 1. The highest BCUT2D eigenvalue weighted by molar-refractivity contribution is 8.06. The molecule has 0 radical (unpaired) electrons. The summed E-state index contributed by atoms with van der Waals surface area (Å²) in [6.07, 6.45) is 0.398. The van der Waals surface area contributed by atoms with Crippen LogP contribution in [0.3, 0.4) is 0 Å². The molecule has 12 heteroatoms. The van der Waals surface area contributed by atoms with Crippen LogP contribution in [0.1, 0.15) is 12.6 Å². The zero-order valence-corrected chi connectivity index (χ0v) is 15.3. The molecule has 4 atom stereocenters. The van der Waals surface area contributed by atoms with Gasteiger partial charge in [0.15, 0.2) is 5.65 Å². The summed E-state index contributed by atoms with van der Waals surface area (Å²) in [5, 5.41) is 0.385. The Bertz CT molecular complexity index is 870. The second kappa shape index (κ2) is 7.12. The fourth-order valence-electron chi connectivity index (χ4n) is 2.80. The third kappa shape index (κ3) is 3.77. The van der Waals surface area contributed by atoms with E-state index >= 15 is 0 Å². The van der Waals surface area contributed by atoms with Gasteiger partial charge < -0.3 is 33.7 Å². The highest BCUT2D eigenvalue weighted by atomic mass is 32.5. The lowest BCUT2D eigenvalue weighted by Crippen LogP contribution is -2.29. The molecule has 2 aromatic rings. The molecule has 138 valence electrons. The topological polar surface area (TPSA) is 137 Å². The number of anilines is 1. The van der Waals surface area contributed by atoms with Crippen molar-refractivity contribution in [2.24, 2.45) is 0 Å². The number of nitrogens with one attached hydrogen (secondary N) is 1. The molecular formula is C13H18N4O6PS-. The first-order valence-corrected chi connectivity index (χ1v) is 9.96. The minimum Gasteiger partial charge on any atom is -0.780 e. The van der Waals surface area contributed by atoms with Crippen molar-refractivity contribution in [3.63, 3.8) is 0 Å². The number of hydrogen-bond acceptors (Lipinski definition) is 9. The predicted molar refractivity (Wildman–Crippen MR) is 91.3 cm³/mol. The molecule has 3 heterocycles. The van der Waals surface area contributed by atoms with Crippen LogP contribution in [0.5, 0.6) is 0 Å². The van der Waals surface area contributed by atoms with Gasteiger partial charge in [-0.05, 0) is 6.07 Å². The van der Waals surface area contributed by atoms with Gasteiger partial charge in [0.2, 0.25) is 5.95 Å². The van der Waals surface area contributed by atoms with Crippen molar-refractivity contribution in [1.82, 2.24) is 14.5 Å². The molecule has 0 aliphatic carbocycles. The van der Waals surface area contributed by atoms with Crippen LogP contribution < -0.4 is 16.2 Å². The summed E-state index contributed by atoms with van der Waals surface area (Å²) in [6.45, 7) is -3.38. The summed E-state index contributed by atoms with van der Waals surface area (Å²) in [5.41, 5.74) is 5.67. The molecule has 10 nitrogen and oxygen atoms in total. The molecular weight excluding hydrogens is 371 g/mol. The van der Waals surface area contributed by atoms with Gasteiger partial charge in [0, 0.05) is 26.8 Å². The van der Waals surface area contributed by atoms with Gasteiger partial charge in [-0.3, -0.25) is 9.78 Å². The van der Waals surface area contributed by atoms with Gasteiger partial charge in [-0.1, -0.05) is 11.8 Å². The molecule has 1 aliphatic rings. The summed E-state index contributed by atoms with van der Waals surface area (Å²) in [6, 6.07) is 1.62. The van der Waals surface area contributed by atoms with Gasteiger partial charge >= 0.3 is 0 Å². The summed E-state index contributed by atoms with van der Waals surface area (Å²) in [4.78, 5) is 30.5. The number of fused-ring (bicyclic) bond motifs is 1. The van der Waals surface area contributed by atoms with E-state index in [1.165, 1.54) is 14.2 Å². The summed E-state index contributed by atoms with van der Waals surface area (Å²) in [5.74, 6) is 0.00568. The van der Waals surface area contributed by atoms with E-state index in [9.17, 15) is 9.69 Å². The Morgan fingerprint density at radius 1 is 1.60 bits per heavy atom. The number of methoxy groups -OCH3 is 1. The second-order valence-electron chi connectivity index (χ2n) is 5.51. The lowest BCUT2D eigenvalue weighted by molar-refractivity contribution is -0.210. The largest absolute Gasteiger partial charge is 0.780 e. The standard InChI is InChI=1S/C13H19N4O6PS/c1-20-6-9-8(23-24(19,25)21-2)5-10(22-9)17-4-3-7-11(17)15-13(14)16-12(7)18/h3-4,8-10H,5-6H2,1-2H3,(H,19,25)(H3,14,15,16,18)/p-1. The van der Waals surface area contributed by atoms with E-state index < -0.39 is 25.2 Å². The number of nitrogens with zero attached hydrogens (tertiary/aromatic N) is 2. The van der Waals surface area contributed by atoms with E-state index in [2.05, 4.69) is 9.97 Å². The third-order valence-electron chi connectivity index (χ3n) is 3.91. The van der Waals surface area contributed by atoms with E-state index in [-0.39, 0.29) is 18.1 Å². The summed E-state index contributed by atoms with van der Waals surface area (Å²) < 4.78 is 22.9. The molecule has 1 fully saturated rings. The highest BCUT2D eigenvalue weighted by Gasteiger charge is 2.39. The van der Waals surface area contributed by atoms with Crippen LogP contribution in [-0.2, 0) is 30.3 Å². The lowest BCUT2D eigenvalue weighted by atomic mass is 10.2. The number of ether oxygens (including phenoxy) is 2. The Balaban J connectivity index is 1.91. The van der Waals surface area contributed by atoms with E-state index in [1.54, 1.807) is 16.8 Å². The van der Waals surface area contributed by atoms with Crippen LogP contribution >= 0.6 is 6.72 Å². The predicted octanol–water partition coefficient (Wildman–Crippen LogP) is -0.143. The Morgan fingerprint density at radius 2 is 2.36 bits per heavy atom. The van der Waals surface area contributed by atoms with Crippen molar-refractivity contribution in [3.8, 4) is 0 Å². The Hall–Kier alpha value is -1.33. The van der Waals surface area contributed by atoms with E-state index in [0.29, 0.717) is 17.5 Å². The first-order valence-electron chi connectivity index (χ1n) is 7.40. The van der Waals surface area contributed by atoms with Crippen molar-refractivity contribution in [2.75, 3.05) is 26.6 Å². The van der Waals surface area contributed by atoms with Crippen LogP contribution in [-0.4, -0.2) is 47.6 Å². The van der Waals surface area contributed by atoms with E-state index in [4.69, 9.17) is 36.1 Å². The Labute approximate surface area is 148 Å². The Morgan fingerprint density at radius 3 is 3.04 bits per heavy atom. The molecule has 2 aromatic heterocycles. The maximum Gasteiger partial charge on any atom is 0.261 e. The van der Waals surface area contributed by atoms with Gasteiger partial charge in [0.05, 0.1) is 18.1 Å². The highest BCUT2D eigenvalue weighted by Crippen LogP contribution is 2.44. The number of aromatic amines is 1. The zero-order valence-electron chi connectivity index (χ0n) is 13.6. The van der Waals surface area contributed by atoms with Crippen LogP contribution in [0.15, 0.2) is 17.1 Å². The first kappa shape index (κ1) is 18.5. The Kier molecular flexibility index (Phi) is 5.26.